The van der Waals surface area contributed by atoms with E-state index in [0.717, 1.165) is 13.8 Å². The number of hydrogen-bond acceptors (Lipinski definition) is 8. The van der Waals surface area contributed by atoms with Crippen LogP contribution in [0.25, 0.3) is 10.9 Å². The van der Waals surface area contributed by atoms with E-state index in [4.69, 9.17) is 18.7 Å². The lowest BCUT2D eigenvalue weighted by Gasteiger charge is -2.24. The van der Waals surface area contributed by atoms with Crippen molar-refractivity contribution in [1.29, 1.82) is 0 Å². The number of fused-ring (bicyclic) bond motifs is 1. The first kappa shape index (κ1) is 25.9. The lowest BCUT2D eigenvalue weighted by molar-refractivity contribution is -0.185. The largest absolute Gasteiger partial charge is 0.493 e. The van der Waals surface area contributed by atoms with Crippen LogP contribution in [0, 0.1) is 0 Å². The average Bonchev–Trinajstić information content (AvgIpc) is 3.32. The summed E-state index contributed by atoms with van der Waals surface area (Å²) in [7, 11) is 3.05. The summed E-state index contributed by atoms with van der Waals surface area (Å²) in [5, 5.41) is 4.25. The summed E-state index contributed by atoms with van der Waals surface area (Å²) in [6, 6.07) is 11.5. The van der Waals surface area contributed by atoms with Crippen molar-refractivity contribution in [1.82, 2.24) is 15.1 Å². The molecule has 0 saturated carbocycles. The van der Waals surface area contributed by atoms with Crippen LogP contribution < -0.4 is 14.2 Å². The van der Waals surface area contributed by atoms with Gasteiger partial charge in [-0.2, -0.15) is 13.2 Å². The van der Waals surface area contributed by atoms with Gasteiger partial charge >= 0.3 is 6.18 Å². The van der Waals surface area contributed by atoms with E-state index < -0.39 is 11.6 Å². The first-order chi connectivity index (χ1) is 17.5. The topological polar surface area (TPSA) is 96.6 Å². The Morgan fingerprint density at radius 1 is 0.973 bits per heavy atom. The predicted octanol–water partition coefficient (Wildman–Crippen LogP) is 5.62. The number of Topliss-reactive ketones (excluding diaryl/α,β-unsaturated/α-hetero) is 1. The molecule has 2 heterocycles. The van der Waals surface area contributed by atoms with Crippen LogP contribution in [0.15, 0.2) is 53.3 Å². The number of aromatic nitrogens is 3. The number of nitrogens with zero attached hydrogens (tertiary/aromatic N) is 3. The van der Waals surface area contributed by atoms with E-state index >= 15 is 0 Å². The van der Waals surface area contributed by atoms with Crippen LogP contribution in [0.5, 0.6) is 23.1 Å². The molecule has 0 saturated heterocycles. The molecule has 0 spiro atoms. The normalized spacial score (nSPS) is 12.0. The monoisotopic (exact) mass is 515 g/mol. The molecule has 0 atom stereocenters. The summed E-state index contributed by atoms with van der Waals surface area (Å²) < 4.78 is 61.3. The number of hydrogen-bond donors (Lipinski definition) is 0. The van der Waals surface area contributed by atoms with Crippen LogP contribution in [0.4, 0.5) is 13.2 Å². The molecule has 4 rings (SSSR count). The van der Waals surface area contributed by atoms with Gasteiger partial charge in [0.15, 0.2) is 17.3 Å². The summed E-state index contributed by atoms with van der Waals surface area (Å²) in [4.78, 5) is 21.1. The molecule has 2 aromatic heterocycles. The highest BCUT2D eigenvalue weighted by Crippen LogP contribution is 2.40. The van der Waals surface area contributed by atoms with Crippen molar-refractivity contribution in [3.05, 3.63) is 65.8 Å². The Bertz CT molecular complexity index is 1430. The Hall–Kier alpha value is -4.15. The van der Waals surface area contributed by atoms with Gasteiger partial charge in [0, 0.05) is 18.6 Å². The maximum atomic E-state index is 13.2. The van der Waals surface area contributed by atoms with E-state index in [1.54, 1.807) is 36.4 Å². The fourth-order valence-corrected chi connectivity index (χ4v) is 3.59. The van der Waals surface area contributed by atoms with Gasteiger partial charge in [-0.05, 0) is 37.6 Å². The van der Waals surface area contributed by atoms with Gasteiger partial charge in [0.25, 0.3) is 0 Å². The molecular weight excluding hydrogens is 491 g/mol. The maximum Gasteiger partial charge on any atom is 0.401 e. The lowest BCUT2D eigenvalue weighted by Crippen LogP contribution is -2.35. The summed E-state index contributed by atoms with van der Waals surface area (Å²) in [5.41, 5.74) is -0.830. The van der Waals surface area contributed by atoms with E-state index in [1.165, 1.54) is 26.6 Å². The zero-order valence-electron chi connectivity index (χ0n) is 20.5. The van der Waals surface area contributed by atoms with Crippen LogP contribution in [0.3, 0.4) is 0 Å². The van der Waals surface area contributed by atoms with Crippen LogP contribution in [0.1, 0.15) is 30.9 Å². The van der Waals surface area contributed by atoms with Crippen molar-refractivity contribution in [2.75, 3.05) is 14.2 Å². The van der Waals surface area contributed by atoms with Crippen molar-refractivity contribution in [3.8, 4) is 23.1 Å². The smallest absolute Gasteiger partial charge is 0.401 e. The first-order valence-electron chi connectivity index (χ1n) is 11.2. The Kier molecular flexibility index (Phi) is 7.06. The second kappa shape index (κ2) is 10.1. The van der Waals surface area contributed by atoms with Gasteiger partial charge < -0.3 is 18.7 Å². The molecule has 37 heavy (non-hydrogen) atoms. The molecule has 2 aromatic carbocycles. The number of ether oxygens (including phenoxy) is 3. The number of halogens is 3. The second-order valence-electron chi connectivity index (χ2n) is 8.85. The third-order valence-corrected chi connectivity index (χ3v) is 5.88. The Morgan fingerprint density at radius 3 is 2.41 bits per heavy atom. The first-order valence-corrected chi connectivity index (χ1v) is 11.2. The van der Waals surface area contributed by atoms with Crippen molar-refractivity contribution >= 4 is 16.7 Å². The zero-order valence-corrected chi connectivity index (χ0v) is 20.5. The number of ketones is 1. The average molecular weight is 515 g/mol. The van der Waals surface area contributed by atoms with Crippen LogP contribution in [-0.2, 0) is 23.1 Å². The van der Waals surface area contributed by atoms with Gasteiger partial charge in [-0.25, -0.2) is 9.97 Å². The molecule has 0 amide bonds. The van der Waals surface area contributed by atoms with Crippen LogP contribution >= 0.6 is 0 Å². The molecule has 11 heteroatoms. The third-order valence-electron chi connectivity index (χ3n) is 5.88. The molecule has 0 N–H and O–H groups in total. The van der Waals surface area contributed by atoms with E-state index in [9.17, 15) is 18.0 Å². The highest BCUT2D eigenvalue weighted by atomic mass is 19.4. The number of alkyl halides is 3. The lowest BCUT2D eigenvalue weighted by atomic mass is 9.89. The second-order valence-corrected chi connectivity index (χ2v) is 8.85. The minimum absolute atomic E-state index is 0.0254. The standard InChI is InChI=1S/C26H24F3N3O5/c1-25(2,26(27,28)29)23-11-16(32-37-23)10-17(33)8-15-6-5-7-18(9-15)36-24-19-12-21(34-3)22(35-4)13-20(19)30-14-31-24/h5-7,9,11-14H,8,10H2,1-4H3. The summed E-state index contributed by atoms with van der Waals surface area (Å²) in [5.74, 6) is 1.15. The molecule has 0 bridgehead atoms. The van der Waals surface area contributed by atoms with Crippen LogP contribution in [-0.4, -0.2) is 41.3 Å². The molecular formula is C26H24F3N3O5. The number of carbonyl (C=O) groups is 1. The molecule has 0 unspecified atom stereocenters. The minimum Gasteiger partial charge on any atom is -0.493 e. The molecule has 8 nitrogen and oxygen atoms in total. The number of benzene rings is 2. The maximum absolute atomic E-state index is 13.2. The van der Waals surface area contributed by atoms with Crippen molar-refractivity contribution in [3.63, 3.8) is 0 Å². The van der Waals surface area contributed by atoms with Crippen molar-refractivity contribution < 1.29 is 36.7 Å². The van der Waals surface area contributed by atoms with Gasteiger partial charge in [0.05, 0.1) is 37.2 Å². The highest BCUT2D eigenvalue weighted by Gasteiger charge is 2.51. The van der Waals surface area contributed by atoms with Crippen LogP contribution in [0.2, 0.25) is 0 Å². The fraction of sp³-hybridized carbons (Fsp3) is 0.308. The minimum atomic E-state index is -4.51. The molecule has 0 aliphatic carbocycles. The SMILES string of the molecule is COc1cc2ncnc(Oc3cccc(CC(=O)Cc4cc(C(C)(C)C(F)(F)F)on4)c3)c2cc1OC. The molecule has 0 aliphatic rings. The molecule has 4 aromatic rings. The Morgan fingerprint density at radius 2 is 1.70 bits per heavy atom. The summed E-state index contributed by atoms with van der Waals surface area (Å²) in [6.45, 7) is 2.00. The van der Waals surface area contributed by atoms with Gasteiger partial charge in [-0.3, -0.25) is 4.79 Å². The van der Waals surface area contributed by atoms with E-state index in [-0.39, 0.29) is 36.0 Å². The van der Waals surface area contributed by atoms with Gasteiger partial charge in [-0.1, -0.05) is 17.3 Å². The zero-order chi connectivity index (χ0) is 26.8. The summed E-state index contributed by atoms with van der Waals surface area (Å²) in [6.07, 6.45) is -3.29. The van der Waals surface area contributed by atoms with Gasteiger partial charge in [-0.15, -0.1) is 0 Å². The number of carbonyl (C=O) groups excluding carboxylic acids is 1. The van der Waals surface area contributed by atoms with Crippen molar-refractivity contribution in [2.45, 2.75) is 38.3 Å². The van der Waals surface area contributed by atoms with E-state index in [1.807, 2.05) is 0 Å². The summed E-state index contributed by atoms with van der Waals surface area (Å²) >= 11 is 0. The number of rotatable bonds is 9. The molecule has 0 radical (unpaired) electrons. The molecule has 194 valence electrons. The molecule has 0 aliphatic heterocycles. The third kappa shape index (κ3) is 5.50. The van der Waals surface area contributed by atoms with Crippen molar-refractivity contribution in [2.24, 2.45) is 0 Å². The predicted molar refractivity (Wildman–Crippen MR) is 127 cm³/mol. The van der Waals surface area contributed by atoms with E-state index in [0.29, 0.717) is 33.7 Å². The van der Waals surface area contributed by atoms with Gasteiger partial charge in [0.2, 0.25) is 5.88 Å². The highest BCUT2D eigenvalue weighted by molar-refractivity contribution is 5.87. The van der Waals surface area contributed by atoms with E-state index in [2.05, 4.69) is 15.1 Å². The fourth-order valence-electron chi connectivity index (χ4n) is 3.59. The molecule has 0 fully saturated rings. The number of methoxy groups -OCH3 is 2. The quantitative estimate of drug-likeness (QED) is 0.283. The Labute approximate surface area is 210 Å². The van der Waals surface area contributed by atoms with Gasteiger partial charge in [0.1, 0.15) is 23.3 Å². The Balaban J connectivity index is 1.48.